The molecule has 0 unspecified atom stereocenters. The number of rotatable bonds is 7. The summed E-state index contributed by atoms with van der Waals surface area (Å²) in [5.74, 6) is 2.48. The zero-order valence-corrected chi connectivity index (χ0v) is 16.9. The van der Waals surface area contributed by atoms with Crippen LogP contribution in [0.1, 0.15) is 30.1 Å². The van der Waals surface area contributed by atoms with Gasteiger partial charge in [0, 0.05) is 11.3 Å². The number of hydrogen-bond acceptors (Lipinski definition) is 5. The first kappa shape index (κ1) is 18.4. The summed E-state index contributed by atoms with van der Waals surface area (Å²) in [6.07, 6.45) is 1.70. The molecular weight excluding hydrogens is 366 g/mol. The Labute approximate surface area is 169 Å². The number of anilines is 2. The summed E-state index contributed by atoms with van der Waals surface area (Å²) in [4.78, 5) is 12.0. The largest absolute Gasteiger partial charge is 0.492 e. The first-order valence-electron chi connectivity index (χ1n) is 9.59. The van der Waals surface area contributed by atoms with E-state index in [1.165, 1.54) is 10.4 Å². The van der Waals surface area contributed by atoms with Crippen molar-refractivity contribution in [2.75, 3.05) is 11.9 Å². The minimum absolute atomic E-state index is 0.621. The normalized spacial score (nSPS) is 10.9. The number of aryl methyl sites for hydroxylation is 1. The van der Waals surface area contributed by atoms with Crippen LogP contribution in [0.5, 0.6) is 5.75 Å². The van der Waals surface area contributed by atoms with E-state index in [9.17, 15) is 0 Å². The lowest BCUT2D eigenvalue weighted by Gasteiger charge is -2.13. The lowest BCUT2D eigenvalue weighted by atomic mass is 10.1. The molecule has 4 aromatic rings. The third kappa shape index (κ3) is 3.99. The molecule has 2 aromatic carbocycles. The van der Waals surface area contributed by atoms with Gasteiger partial charge in [-0.05, 0) is 37.1 Å². The van der Waals surface area contributed by atoms with Crippen molar-refractivity contribution in [3.63, 3.8) is 0 Å². The smallest absolute Gasteiger partial charge is 0.143 e. The quantitative estimate of drug-likeness (QED) is 0.422. The summed E-state index contributed by atoms with van der Waals surface area (Å²) < 4.78 is 5.77. The minimum atomic E-state index is 0.621. The van der Waals surface area contributed by atoms with Crippen LogP contribution < -0.4 is 10.1 Å². The zero-order chi connectivity index (χ0) is 19.3. The summed E-state index contributed by atoms with van der Waals surface area (Å²) in [6, 6.07) is 20.5. The molecule has 0 saturated carbocycles. The number of fused-ring (bicyclic) bond motifs is 1. The number of nitrogens with one attached hydrogen (secondary N) is 1. The average Bonchev–Trinajstić information content (AvgIpc) is 3.14. The van der Waals surface area contributed by atoms with E-state index in [1.807, 2.05) is 49.4 Å². The van der Waals surface area contributed by atoms with Crippen molar-refractivity contribution in [2.24, 2.45) is 0 Å². The van der Waals surface area contributed by atoms with E-state index < -0.39 is 0 Å². The summed E-state index contributed by atoms with van der Waals surface area (Å²) in [7, 11) is 0. The molecule has 0 saturated heterocycles. The predicted molar refractivity (Wildman–Crippen MR) is 117 cm³/mol. The summed E-state index contributed by atoms with van der Waals surface area (Å²) in [6.45, 7) is 4.78. The van der Waals surface area contributed by atoms with Crippen molar-refractivity contribution >= 4 is 33.1 Å². The lowest BCUT2D eigenvalue weighted by molar-refractivity contribution is 0.342. The molecule has 2 aromatic heterocycles. The second-order valence-electron chi connectivity index (χ2n) is 6.49. The van der Waals surface area contributed by atoms with Crippen LogP contribution in [0.3, 0.4) is 0 Å². The second-order valence-corrected chi connectivity index (χ2v) is 7.61. The Hall–Kier alpha value is -2.92. The molecule has 4 nitrogen and oxygen atoms in total. The fraction of sp³-hybridized carbons (Fsp3) is 0.217. The molecule has 0 fully saturated rings. The minimum Gasteiger partial charge on any atom is -0.492 e. The Bertz CT molecular complexity index is 1080. The van der Waals surface area contributed by atoms with E-state index in [0.717, 1.165) is 39.7 Å². The molecule has 0 aliphatic rings. The van der Waals surface area contributed by atoms with Crippen molar-refractivity contribution in [3.05, 3.63) is 76.9 Å². The van der Waals surface area contributed by atoms with Crippen LogP contribution >= 0.6 is 11.3 Å². The van der Waals surface area contributed by atoms with Gasteiger partial charge < -0.3 is 10.1 Å². The van der Waals surface area contributed by atoms with Gasteiger partial charge in [0.05, 0.1) is 17.7 Å². The van der Waals surface area contributed by atoms with Gasteiger partial charge in [-0.25, -0.2) is 9.97 Å². The number of ether oxygens (including phenoxy) is 1. The maximum Gasteiger partial charge on any atom is 0.143 e. The topological polar surface area (TPSA) is 47.0 Å². The van der Waals surface area contributed by atoms with Crippen LogP contribution in [0, 0.1) is 0 Å². The number of nitrogens with zero attached hydrogens (tertiary/aromatic N) is 2. The molecule has 0 bridgehead atoms. The second kappa shape index (κ2) is 8.40. The average molecular weight is 390 g/mol. The monoisotopic (exact) mass is 389 g/mol. The molecule has 28 heavy (non-hydrogen) atoms. The third-order valence-corrected chi connectivity index (χ3v) is 5.66. The van der Waals surface area contributed by atoms with Gasteiger partial charge >= 0.3 is 0 Å². The van der Waals surface area contributed by atoms with Crippen molar-refractivity contribution in [1.82, 2.24) is 9.97 Å². The Kier molecular flexibility index (Phi) is 5.53. The highest BCUT2D eigenvalue weighted by molar-refractivity contribution is 7.18. The molecule has 0 amide bonds. The first-order chi connectivity index (χ1) is 13.8. The van der Waals surface area contributed by atoms with Crippen LogP contribution in [-0.2, 0) is 12.8 Å². The van der Waals surface area contributed by atoms with E-state index in [2.05, 4.69) is 30.4 Å². The number of benzene rings is 2. The van der Waals surface area contributed by atoms with Gasteiger partial charge in [0.15, 0.2) is 0 Å². The Morgan fingerprint density at radius 3 is 2.54 bits per heavy atom. The van der Waals surface area contributed by atoms with E-state index in [1.54, 1.807) is 11.3 Å². The van der Waals surface area contributed by atoms with Crippen LogP contribution in [0.15, 0.2) is 60.7 Å². The Morgan fingerprint density at radius 2 is 1.75 bits per heavy atom. The number of aromatic nitrogens is 2. The van der Waals surface area contributed by atoms with Gasteiger partial charge in [0.2, 0.25) is 0 Å². The van der Waals surface area contributed by atoms with Gasteiger partial charge in [-0.3, -0.25) is 0 Å². The fourth-order valence-corrected chi connectivity index (χ4v) is 4.11. The lowest BCUT2D eigenvalue weighted by Crippen LogP contribution is -2.03. The third-order valence-electron chi connectivity index (χ3n) is 4.48. The van der Waals surface area contributed by atoms with Gasteiger partial charge in [-0.1, -0.05) is 49.4 Å². The molecule has 2 heterocycles. The molecule has 1 N–H and O–H groups in total. The van der Waals surface area contributed by atoms with Crippen molar-refractivity contribution in [2.45, 2.75) is 26.7 Å². The Balaban J connectivity index is 1.76. The number of thiophene rings is 1. The molecule has 0 radical (unpaired) electrons. The summed E-state index contributed by atoms with van der Waals surface area (Å²) in [5, 5.41) is 4.55. The summed E-state index contributed by atoms with van der Waals surface area (Å²) in [5.41, 5.74) is 2.12. The predicted octanol–water partition coefficient (Wildman–Crippen LogP) is 5.99. The molecule has 0 spiro atoms. The highest BCUT2D eigenvalue weighted by Crippen LogP contribution is 2.34. The van der Waals surface area contributed by atoms with E-state index >= 15 is 0 Å². The molecule has 4 rings (SSSR count). The van der Waals surface area contributed by atoms with Crippen LogP contribution in [0.2, 0.25) is 0 Å². The van der Waals surface area contributed by atoms with Gasteiger partial charge in [-0.2, -0.15) is 0 Å². The highest BCUT2D eigenvalue weighted by Gasteiger charge is 2.14. The molecule has 142 valence electrons. The molecule has 0 aliphatic heterocycles. The summed E-state index contributed by atoms with van der Waals surface area (Å²) >= 11 is 1.74. The molecule has 5 heteroatoms. The molecule has 0 aliphatic carbocycles. The molecule has 0 atom stereocenters. The standard InChI is InChI=1S/C23H23N3OS/c1-3-17-15-18-22(24-19-12-8-9-13-20(19)27-4-2)25-21(26-23(18)28-17)14-16-10-6-5-7-11-16/h5-13,15H,3-4,14H2,1-2H3,(H,24,25,26). The molecular formula is C23H23N3OS. The van der Waals surface area contributed by atoms with Gasteiger partial charge in [-0.15, -0.1) is 11.3 Å². The SMILES string of the molecule is CCOc1ccccc1Nc1nc(Cc2ccccc2)nc2sc(CC)cc12. The number of para-hydroxylation sites is 2. The van der Waals surface area contributed by atoms with Gasteiger partial charge in [0.1, 0.15) is 22.2 Å². The van der Waals surface area contributed by atoms with Crippen LogP contribution in [-0.4, -0.2) is 16.6 Å². The number of hydrogen-bond donors (Lipinski definition) is 1. The highest BCUT2D eigenvalue weighted by atomic mass is 32.1. The van der Waals surface area contributed by atoms with Crippen LogP contribution in [0.4, 0.5) is 11.5 Å². The van der Waals surface area contributed by atoms with E-state index in [0.29, 0.717) is 13.0 Å². The van der Waals surface area contributed by atoms with Crippen molar-refractivity contribution in [1.29, 1.82) is 0 Å². The van der Waals surface area contributed by atoms with E-state index in [-0.39, 0.29) is 0 Å². The maximum absolute atomic E-state index is 5.77. The maximum atomic E-state index is 5.77. The van der Waals surface area contributed by atoms with Crippen molar-refractivity contribution in [3.8, 4) is 5.75 Å². The Morgan fingerprint density at radius 1 is 0.964 bits per heavy atom. The fourth-order valence-electron chi connectivity index (χ4n) is 3.12. The van der Waals surface area contributed by atoms with E-state index in [4.69, 9.17) is 14.7 Å². The van der Waals surface area contributed by atoms with Crippen molar-refractivity contribution < 1.29 is 4.74 Å². The van der Waals surface area contributed by atoms with Crippen LogP contribution in [0.25, 0.3) is 10.2 Å². The first-order valence-corrected chi connectivity index (χ1v) is 10.4. The zero-order valence-electron chi connectivity index (χ0n) is 16.1. The van der Waals surface area contributed by atoms with Gasteiger partial charge in [0.25, 0.3) is 0 Å².